The first-order valence-electron chi connectivity index (χ1n) is 8.62. The molecule has 1 aromatic heterocycles. The summed E-state index contributed by atoms with van der Waals surface area (Å²) in [5.74, 6) is 1.27. The summed E-state index contributed by atoms with van der Waals surface area (Å²) in [5, 5.41) is 9.43. The van der Waals surface area contributed by atoms with E-state index in [0.717, 1.165) is 11.1 Å². The first-order chi connectivity index (χ1) is 12.4. The van der Waals surface area contributed by atoms with Gasteiger partial charge < -0.3 is 14.5 Å². The second-order valence-electron chi connectivity index (χ2n) is 6.24. The van der Waals surface area contributed by atoms with Crippen molar-refractivity contribution in [2.24, 2.45) is 0 Å². The van der Waals surface area contributed by atoms with Gasteiger partial charge in [-0.1, -0.05) is 6.08 Å². The summed E-state index contributed by atoms with van der Waals surface area (Å²) < 4.78 is 11.8. The van der Waals surface area contributed by atoms with Gasteiger partial charge in [0.25, 0.3) is 5.56 Å². The van der Waals surface area contributed by atoms with Crippen LogP contribution in [0.1, 0.15) is 37.6 Å². The summed E-state index contributed by atoms with van der Waals surface area (Å²) in [5.41, 5.74) is 2.60. The van der Waals surface area contributed by atoms with Crippen LogP contribution in [0.4, 0.5) is 0 Å². The summed E-state index contributed by atoms with van der Waals surface area (Å²) >= 11 is 0. The van der Waals surface area contributed by atoms with Crippen LogP contribution in [-0.2, 0) is 6.42 Å². The number of nitriles is 1. The minimum absolute atomic E-state index is 0.0138. The topological polar surface area (TPSA) is 75.1 Å². The van der Waals surface area contributed by atoms with E-state index in [1.807, 2.05) is 39.0 Å². The molecular formula is C21H24N2O3. The van der Waals surface area contributed by atoms with Crippen molar-refractivity contribution in [1.29, 1.82) is 5.26 Å². The molecule has 0 fully saturated rings. The molecule has 1 aromatic carbocycles. The van der Waals surface area contributed by atoms with E-state index in [-0.39, 0.29) is 11.7 Å². The van der Waals surface area contributed by atoms with E-state index in [1.165, 1.54) is 0 Å². The van der Waals surface area contributed by atoms with Gasteiger partial charge in [-0.3, -0.25) is 4.79 Å². The molecule has 2 aromatic rings. The van der Waals surface area contributed by atoms with Gasteiger partial charge in [0.05, 0.1) is 12.7 Å². The molecule has 0 saturated heterocycles. The lowest BCUT2D eigenvalue weighted by molar-refractivity contribution is 0.222. The third-order valence-electron chi connectivity index (χ3n) is 3.74. The number of ether oxygens (including phenoxy) is 2. The molecule has 136 valence electrons. The number of hydrogen-bond acceptors (Lipinski definition) is 4. The summed E-state index contributed by atoms with van der Waals surface area (Å²) in [6.07, 6.45) is 2.36. The first kappa shape index (κ1) is 19.3. The Morgan fingerprint density at radius 2 is 2.08 bits per heavy atom. The van der Waals surface area contributed by atoms with E-state index in [1.54, 1.807) is 19.1 Å². The Hall–Kier alpha value is -3.00. The average molecular weight is 352 g/mol. The smallest absolute Gasteiger partial charge is 0.266 e. The highest BCUT2D eigenvalue weighted by molar-refractivity contribution is 5.74. The number of allylic oxidation sites excluding steroid dienone is 1. The molecule has 26 heavy (non-hydrogen) atoms. The minimum atomic E-state index is -0.395. The second kappa shape index (κ2) is 8.39. The molecule has 0 radical (unpaired) electrons. The van der Waals surface area contributed by atoms with Gasteiger partial charge in [0, 0.05) is 16.8 Å². The first-order valence-corrected chi connectivity index (χ1v) is 8.62. The monoisotopic (exact) mass is 352 g/mol. The van der Waals surface area contributed by atoms with Crippen molar-refractivity contribution >= 4 is 0 Å². The molecule has 1 N–H and O–H groups in total. The number of pyridine rings is 1. The van der Waals surface area contributed by atoms with Gasteiger partial charge in [-0.15, -0.1) is 6.58 Å². The van der Waals surface area contributed by atoms with E-state index in [0.29, 0.717) is 35.8 Å². The van der Waals surface area contributed by atoms with Gasteiger partial charge in [-0.25, -0.2) is 0 Å². The third-order valence-corrected chi connectivity index (χ3v) is 3.74. The van der Waals surface area contributed by atoms with Gasteiger partial charge in [0.1, 0.15) is 11.6 Å². The molecule has 5 nitrogen and oxygen atoms in total. The van der Waals surface area contributed by atoms with E-state index < -0.39 is 5.56 Å². The van der Waals surface area contributed by atoms with Crippen LogP contribution in [-0.4, -0.2) is 17.7 Å². The Morgan fingerprint density at radius 3 is 2.65 bits per heavy atom. The molecule has 0 unspecified atom stereocenters. The lowest BCUT2D eigenvalue weighted by atomic mass is 9.97. The SMILES string of the molecule is C=CCc1cc(-c2cc(C)[nH]c(=O)c2C#N)cc(OCC)c1OC(C)C. The number of aromatic nitrogens is 1. The van der Waals surface area contributed by atoms with Crippen molar-refractivity contribution in [3.8, 4) is 28.7 Å². The van der Waals surface area contributed by atoms with E-state index in [4.69, 9.17) is 9.47 Å². The maximum absolute atomic E-state index is 12.1. The molecule has 0 bridgehead atoms. The standard InChI is InChI=1S/C21H24N2O3/c1-6-8-15-10-16(11-19(25-7-2)20(15)26-13(3)4)17-9-14(5)23-21(24)18(17)12-22/h6,9-11,13H,1,7-8H2,2-5H3,(H,23,24). The zero-order valence-corrected chi connectivity index (χ0v) is 15.7. The summed E-state index contributed by atoms with van der Waals surface area (Å²) in [6, 6.07) is 7.55. The number of aryl methyl sites for hydroxylation is 1. The number of H-pyrrole nitrogens is 1. The van der Waals surface area contributed by atoms with Gasteiger partial charge >= 0.3 is 0 Å². The van der Waals surface area contributed by atoms with Crippen LogP contribution in [0.3, 0.4) is 0 Å². The van der Waals surface area contributed by atoms with Gasteiger partial charge in [-0.05, 0) is 57.9 Å². The number of nitrogens with one attached hydrogen (secondary N) is 1. The largest absolute Gasteiger partial charge is 0.490 e. The molecule has 0 aliphatic carbocycles. The van der Waals surface area contributed by atoms with E-state index in [9.17, 15) is 10.1 Å². The Morgan fingerprint density at radius 1 is 1.35 bits per heavy atom. The summed E-state index contributed by atoms with van der Waals surface area (Å²) in [6.45, 7) is 11.9. The lowest BCUT2D eigenvalue weighted by Gasteiger charge is -2.19. The maximum atomic E-state index is 12.1. The molecule has 0 aliphatic heterocycles. The van der Waals surface area contributed by atoms with Crippen LogP contribution in [0.25, 0.3) is 11.1 Å². The summed E-state index contributed by atoms with van der Waals surface area (Å²) in [7, 11) is 0. The fraction of sp³-hybridized carbons (Fsp3) is 0.333. The third kappa shape index (κ3) is 4.15. The number of benzene rings is 1. The molecule has 0 amide bonds. The Balaban J connectivity index is 2.77. The lowest BCUT2D eigenvalue weighted by Crippen LogP contribution is -2.13. The maximum Gasteiger partial charge on any atom is 0.266 e. The molecule has 0 spiro atoms. The van der Waals surface area contributed by atoms with Crippen LogP contribution in [0.15, 0.2) is 35.6 Å². The zero-order chi connectivity index (χ0) is 19.3. The number of hydrogen-bond donors (Lipinski definition) is 1. The van der Waals surface area contributed by atoms with Crippen molar-refractivity contribution in [2.45, 2.75) is 40.2 Å². The van der Waals surface area contributed by atoms with Gasteiger partial charge in [0.15, 0.2) is 11.5 Å². The molecule has 0 atom stereocenters. The van der Waals surface area contributed by atoms with Crippen molar-refractivity contribution in [2.75, 3.05) is 6.61 Å². The number of rotatable bonds is 7. The fourth-order valence-electron chi connectivity index (χ4n) is 2.78. The molecule has 0 aliphatic rings. The van der Waals surface area contributed by atoms with Gasteiger partial charge in [0.2, 0.25) is 0 Å². The molecule has 2 rings (SSSR count). The van der Waals surface area contributed by atoms with Crippen molar-refractivity contribution in [3.63, 3.8) is 0 Å². The van der Waals surface area contributed by atoms with Crippen LogP contribution in [0, 0.1) is 18.3 Å². The Labute approximate surface area is 153 Å². The molecular weight excluding hydrogens is 328 g/mol. The van der Waals surface area contributed by atoms with E-state index >= 15 is 0 Å². The summed E-state index contributed by atoms with van der Waals surface area (Å²) in [4.78, 5) is 14.8. The van der Waals surface area contributed by atoms with Crippen LogP contribution < -0.4 is 15.0 Å². The van der Waals surface area contributed by atoms with E-state index in [2.05, 4.69) is 11.6 Å². The number of nitrogens with zero attached hydrogens (tertiary/aromatic N) is 1. The normalized spacial score (nSPS) is 10.5. The minimum Gasteiger partial charge on any atom is -0.490 e. The molecule has 1 heterocycles. The Bertz CT molecular complexity index is 905. The highest BCUT2D eigenvalue weighted by Gasteiger charge is 2.18. The molecule has 0 saturated carbocycles. The van der Waals surface area contributed by atoms with Crippen LogP contribution in [0.5, 0.6) is 11.5 Å². The van der Waals surface area contributed by atoms with Crippen LogP contribution >= 0.6 is 0 Å². The second-order valence-corrected chi connectivity index (χ2v) is 6.24. The van der Waals surface area contributed by atoms with Crippen molar-refractivity contribution < 1.29 is 9.47 Å². The highest BCUT2D eigenvalue weighted by atomic mass is 16.5. The van der Waals surface area contributed by atoms with Gasteiger partial charge in [-0.2, -0.15) is 5.26 Å². The fourth-order valence-corrected chi connectivity index (χ4v) is 2.78. The highest BCUT2D eigenvalue weighted by Crippen LogP contribution is 2.38. The average Bonchev–Trinajstić information content (AvgIpc) is 2.57. The Kier molecular flexibility index (Phi) is 6.24. The number of aromatic amines is 1. The molecule has 5 heteroatoms. The quantitative estimate of drug-likeness (QED) is 0.760. The van der Waals surface area contributed by atoms with Crippen molar-refractivity contribution in [1.82, 2.24) is 4.98 Å². The van der Waals surface area contributed by atoms with Crippen LogP contribution in [0.2, 0.25) is 0 Å². The zero-order valence-electron chi connectivity index (χ0n) is 15.7. The predicted octanol–water partition coefficient (Wildman–Crippen LogP) is 4.14. The predicted molar refractivity (Wildman–Crippen MR) is 103 cm³/mol. The van der Waals surface area contributed by atoms with Crippen molar-refractivity contribution in [3.05, 3.63) is 58.0 Å².